The molecule has 0 aliphatic rings. The summed E-state index contributed by atoms with van der Waals surface area (Å²) in [4.78, 5) is 0. The normalized spacial score (nSPS) is 13.0. The van der Waals surface area contributed by atoms with E-state index in [2.05, 4.69) is 0 Å². The van der Waals surface area contributed by atoms with E-state index in [1.807, 2.05) is 0 Å². The Morgan fingerprint density at radius 2 is 1.41 bits per heavy atom. The van der Waals surface area contributed by atoms with Gasteiger partial charge >= 0.3 is 15.5 Å². The first-order valence-corrected chi connectivity index (χ1v) is 7.69. The fraction of sp³-hybridized carbons (Fsp3) is 0.0667. The molecule has 0 heterocycles. The monoisotopic (exact) mass is 327 g/mol. The highest BCUT2D eigenvalue weighted by molar-refractivity contribution is 7.90. The van der Waals surface area contributed by atoms with Crippen LogP contribution in [-0.4, -0.2) is 13.9 Å². The number of nitrogens with one attached hydrogen (secondary N) is 1. The van der Waals surface area contributed by atoms with E-state index in [0.29, 0.717) is 11.1 Å². The van der Waals surface area contributed by atoms with Crippen LogP contribution in [0.1, 0.15) is 11.1 Å². The second kappa shape index (κ2) is 6.23. The molecular formula is C15H12F3NO2S. The summed E-state index contributed by atoms with van der Waals surface area (Å²) in [5.41, 5.74) is -4.62. The van der Waals surface area contributed by atoms with E-state index < -0.39 is 15.5 Å². The first-order valence-electron chi connectivity index (χ1n) is 6.21. The molecule has 3 nitrogen and oxygen atoms in total. The van der Waals surface area contributed by atoms with Gasteiger partial charge in [-0.15, -0.1) is 0 Å². The molecule has 0 aromatic heterocycles. The highest BCUT2D eigenvalue weighted by Gasteiger charge is 2.46. The van der Waals surface area contributed by atoms with Crippen LogP contribution in [0.15, 0.2) is 60.7 Å². The van der Waals surface area contributed by atoms with Crippen molar-refractivity contribution in [3.05, 3.63) is 71.8 Å². The molecule has 0 fully saturated rings. The molecule has 22 heavy (non-hydrogen) atoms. The maximum absolute atomic E-state index is 12.6. The highest BCUT2D eigenvalue weighted by Crippen LogP contribution is 2.25. The summed E-state index contributed by atoms with van der Waals surface area (Å²) in [6, 6.07) is 16.4. The van der Waals surface area contributed by atoms with Crippen molar-refractivity contribution in [1.29, 1.82) is 0 Å². The summed E-state index contributed by atoms with van der Waals surface area (Å²) in [6.07, 6.45) is 1.35. The molecule has 2 aromatic rings. The first-order chi connectivity index (χ1) is 10.3. The van der Waals surface area contributed by atoms with Gasteiger partial charge in [-0.2, -0.15) is 21.6 Å². The van der Waals surface area contributed by atoms with Gasteiger partial charge in [-0.05, 0) is 17.2 Å². The summed E-state index contributed by atoms with van der Waals surface area (Å²) < 4.78 is 62.0. The van der Waals surface area contributed by atoms with Gasteiger partial charge in [0.15, 0.2) is 0 Å². The number of hydrogen-bond donors (Lipinski definition) is 1. The molecule has 0 spiro atoms. The average molecular weight is 327 g/mol. The SMILES string of the molecule is O=S(=O)(N/C(=C/c1ccccc1)c1ccccc1)C(F)(F)F. The van der Waals surface area contributed by atoms with Crippen LogP contribution in [-0.2, 0) is 10.0 Å². The maximum atomic E-state index is 12.6. The lowest BCUT2D eigenvalue weighted by atomic mass is 10.1. The molecule has 7 heteroatoms. The average Bonchev–Trinajstić information content (AvgIpc) is 2.47. The van der Waals surface area contributed by atoms with Crippen LogP contribution < -0.4 is 4.72 Å². The number of hydrogen-bond acceptors (Lipinski definition) is 2. The van der Waals surface area contributed by atoms with Gasteiger partial charge < -0.3 is 0 Å². The Kier molecular flexibility index (Phi) is 4.56. The van der Waals surface area contributed by atoms with E-state index in [-0.39, 0.29) is 5.70 Å². The van der Waals surface area contributed by atoms with E-state index in [1.54, 1.807) is 53.3 Å². The minimum atomic E-state index is -5.48. The Bertz CT molecular complexity index is 754. The van der Waals surface area contributed by atoms with E-state index in [4.69, 9.17) is 0 Å². The predicted octanol–water partition coefficient (Wildman–Crippen LogP) is 3.62. The van der Waals surface area contributed by atoms with Crippen LogP contribution in [0.2, 0.25) is 0 Å². The first kappa shape index (κ1) is 16.1. The van der Waals surface area contributed by atoms with Crippen LogP contribution in [0.4, 0.5) is 13.2 Å². The minimum absolute atomic E-state index is 0.149. The van der Waals surface area contributed by atoms with Crippen molar-refractivity contribution in [1.82, 2.24) is 4.72 Å². The molecule has 0 atom stereocenters. The summed E-state index contributed by atoms with van der Waals surface area (Å²) in [5, 5.41) is 0. The fourth-order valence-corrected chi connectivity index (χ4v) is 2.29. The Balaban J connectivity index is 2.47. The molecule has 0 amide bonds. The predicted molar refractivity (Wildman–Crippen MR) is 78.9 cm³/mol. The number of rotatable bonds is 4. The molecule has 0 saturated heterocycles. The molecule has 1 N–H and O–H groups in total. The standard InChI is InChI=1S/C15H12F3NO2S/c16-15(17,18)22(20,21)19-14(13-9-5-2-6-10-13)11-12-7-3-1-4-8-12/h1-11,19H/b14-11+. The number of benzene rings is 2. The van der Waals surface area contributed by atoms with Crippen molar-refractivity contribution in [2.24, 2.45) is 0 Å². The second-order valence-corrected chi connectivity index (χ2v) is 6.06. The van der Waals surface area contributed by atoms with Gasteiger partial charge in [0.2, 0.25) is 0 Å². The molecule has 2 rings (SSSR count). The molecule has 0 bridgehead atoms. The van der Waals surface area contributed by atoms with Gasteiger partial charge in [-0.1, -0.05) is 60.7 Å². The van der Waals surface area contributed by atoms with Crippen LogP contribution in [0, 0.1) is 0 Å². The summed E-state index contributed by atoms with van der Waals surface area (Å²) >= 11 is 0. The van der Waals surface area contributed by atoms with Crippen LogP contribution >= 0.6 is 0 Å². The summed E-state index contributed by atoms with van der Waals surface area (Å²) in [6.45, 7) is 0. The smallest absolute Gasteiger partial charge is 0.275 e. The van der Waals surface area contributed by atoms with Crippen molar-refractivity contribution < 1.29 is 21.6 Å². The van der Waals surface area contributed by atoms with Gasteiger partial charge in [0.25, 0.3) is 0 Å². The van der Waals surface area contributed by atoms with Crippen molar-refractivity contribution in [2.45, 2.75) is 5.51 Å². The zero-order chi connectivity index (χ0) is 16.2. The maximum Gasteiger partial charge on any atom is 0.516 e. The van der Waals surface area contributed by atoms with Crippen LogP contribution in [0.25, 0.3) is 11.8 Å². The lowest BCUT2D eigenvalue weighted by Gasteiger charge is -2.14. The Labute approximate surface area is 126 Å². The molecule has 0 unspecified atom stereocenters. The number of alkyl halides is 3. The number of halogens is 3. The molecule has 0 saturated carbocycles. The minimum Gasteiger partial charge on any atom is -0.275 e. The summed E-state index contributed by atoms with van der Waals surface area (Å²) in [5.74, 6) is 0. The van der Waals surface area contributed by atoms with E-state index in [1.165, 1.54) is 18.2 Å². The quantitative estimate of drug-likeness (QED) is 0.872. The van der Waals surface area contributed by atoms with Gasteiger partial charge in [0.05, 0.1) is 5.70 Å². The third-order valence-corrected chi connectivity index (χ3v) is 3.84. The zero-order valence-corrected chi connectivity index (χ0v) is 12.0. The van der Waals surface area contributed by atoms with Gasteiger partial charge in [0, 0.05) is 0 Å². The molecular weight excluding hydrogens is 315 g/mol. The fourth-order valence-electron chi connectivity index (χ4n) is 1.71. The van der Waals surface area contributed by atoms with Gasteiger partial charge in [-0.25, -0.2) is 0 Å². The van der Waals surface area contributed by atoms with Gasteiger partial charge in [-0.3, -0.25) is 4.72 Å². The Morgan fingerprint density at radius 3 is 1.91 bits per heavy atom. The molecule has 0 aliphatic carbocycles. The van der Waals surface area contributed by atoms with Crippen molar-refractivity contribution in [2.75, 3.05) is 0 Å². The topological polar surface area (TPSA) is 46.2 Å². The lowest BCUT2D eigenvalue weighted by molar-refractivity contribution is -0.0443. The largest absolute Gasteiger partial charge is 0.516 e. The summed E-state index contributed by atoms with van der Waals surface area (Å²) in [7, 11) is -5.48. The van der Waals surface area contributed by atoms with Crippen LogP contribution in [0.3, 0.4) is 0 Å². The van der Waals surface area contributed by atoms with E-state index in [9.17, 15) is 21.6 Å². The van der Waals surface area contributed by atoms with Crippen molar-refractivity contribution in [3.8, 4) is 0 Å². The Morgan fingerprint density at radius 1 is 0.909 bits per heavy atom. The van der Waals surface area contributed by atoms with Crippen molar-refractivity contribution in [3.63, 3.8) is 0 Å². The molecule has 0 aliphatic heterocycles. The third kappa shape index (κ3) is 3.88. The second-order valence-electron chi connectivity index (χ2n) is 4.39. The molecule has 2 aromatic carbocycles. The van der Waals surface area contributed by atoms with E-state index >= 15 is 0 Å². The zero-order valence-electron chi connectivity index (χ0n) is 11.2. The highest BCUT2D eigenvalue weighted by atomic mass is 32.2. The Hall–Kier alpha value is -2.28. The molecule has 116 valence electrons. The molecule has 0 radical (unpaired) electrons. The van der Waals surface area contributed by atoms with E-state index in [0.717, 1.165) is 0 Å². The van der Waals surface area contributed by atoms with Crippen LogP contribution in [0.5, 0.6) is 0 Å². The third-order valence-electron chi connectivity index (χ3n) is 2.74. The van der Waals surface area contributed by atoms with Crippen molar-refractivity contribution >= 4 is 21.8 Å². The number of sulfonamides is 1. The lowest BCUT2D eigenvalue weighted by Crippen LogP contribution is -2.35. The van der Waals surface area contributed by atoms with Gasteiger partial charge in [0.1, 0.15) is 0 Å².